The molecule has 4 aromatic rings. The van der Waals surface area contributed by atoms with Crippen LogP contribution in [-0.2, 0) is 22.6 Å². The number of nitrogens with zero attached hydrogens (tertiary/aromatic N) is 9. The summed E-state index contributed by atoms with van der Waals surface area (Å²) >= 11 is 0. The Hall–Kier alpha value is -3.92. The van der Waals surface area contributed by atoms with Gasteiger partial charge in [-0.05, 0) is 24.6 Å². The van der Waals surface area contributed by atoms with Gasteiger partial charge >= 0.3 is 0 Å². The second-order valence-electron chi connectivity index (χ2n) is 8.39. The minimum atomic E-state index is 0.158. The molecule has 1 aromatic carbocycles. The fraction of sp³-hybridized carbons (Fsp3) is 0.375. The summed E-state index contributed by atoms with van der Waals surface area (Å²) in [6, 6.07) is 12.1. The van der Waals surface area contributed by atoms with Crippen LogP contribution in [0.5, 0.6) is 0 Å². The number of hydrogen-bond donors (Lipinski definition) is 0. The number of imidazole rings is 1. The minimum absolute atomic E-state index is 0.158. The molecule has 5 rings (SSSR count). The lowest BCUT2D eigenvalue weighted by atomic mass is 10.1. The Balaban J connectivity index is 1.68. The van der Waals surface area contributed by atoms with Gasteiger partial charge in [0, 0.05) is 43.3 Å². The van der Waals surface area contributed by atoms with E-state index in [0.717, 1.165) is 52.5 Å². The van der Waals surface area contributed by atoms with E-state index >= 15 is 0 Å². The molecule has 11 nitrogen and oxygen atoms in total. The highest BCUT2D eigenvalue weighted by atomic mass is 16.5. The molecular weight excluding hydrogens is 446 g/mol. The fourth-order valence-electron chi connectivity index (χ4n) is 4.29. The van der Waals surface area contributed by atoms with Crippen LogP contribution in [0, 0.1) is 6.92 Å². The van der Waals surface area contributed by atoms with Gasteiger partial charge in [-0.15, -0.1) is 0 Å². The lowest BCUT2D eigenvalue weighted by Crippen LogP contribution is -2.36. The van der Waals surface area contributed by atoms with Crippen molar-refractivity contribution in [1.29, 1.82) is 0 Å². The summed E-state index contributed by atoms with van der Waals surface area (Å²) in [5.74, 6) is 0.639. The van der Waals surface area contributed by atoms with Gasteiger partial charge in [0.1, 0.15) is 5.52 Å². The molecule has 0 saturated carbocycles. The summed E-state index contributed by atoms with van der Waals surface area (Å²) in [5, 5.41) is 8.69. The molecule has 4 heterocycles. The molecule has 0 aliphatic carbocycles. The van der Waals surface area contributed by atoms with Crippen LogP contribution in [-0.4, -0.2) is 64.3 Å². The zero-order valence-corrected chi connectivity index (χ0v) is 19.8. The second kappa shape index (κ2) is 10.1. The van der Waals surface area contributed by atoms with Gasteiger partial charge in [-0.3, -0.25) is 0 Å². The SMILES string of the molecule is COCCn1cnc2c(N3CCOCC3)cc(-n3nc(-c4cccc(C)c4)cc3CN=[N+]=[N-])nc21. The summed E-state index contributed by atoms with van der Waals surface area (Å²) < 4.78 is 14.6. The molecule has 1 aliphatic heterocycles. The van der Waals surface area contributed by atoms with E-state index in [1.165, 1.54) is 0 Å². The molecular formula is C24H27N9O2. The normalized spacial score (nSPS) is 13.8. The number of aryl methyl sites for hydroxylation is 1. The number of aromatic nitrogens is 5. The quantitative estimate of drug-likeness (QED) is 0.218. The van der Waals surface area contributed by atoms with Crippen LogP contribution in [0.25, 0.3) is 38.7 Å². The van der Waals surface area contributed by atoms with E-state index in [1.807, 2.05) is 41.8 Å². The van der Waals surface area contributed by atoms with E-state index in [4.69, 9.17) is 25.1 Å². The van der Waals surface area contributed by atoms with Gasteiger partial charge in [0.15, 0.2) is 11.5 Å². The zero-order valence-electron chi connectivity index (χ0n) is 19.8. The van der Waals surface area contributed by atoms with E-state index < -0.39 is 0 Å². The Kier molecular flexibility index (Phi) is 6.62. The largest absolute Gasteiger partial charge is 0.383 e. The van der Waals surface area contributed by atoms with Crippen molar-refractivity contribution in [2.75, 3.05) is 44.9 Å². The van der Waals surface area contributed by atoms with Crippen LogP contribution in [0.3, 0.4) is 0 Å². The summed E-state index contributed by atoms with van der Waals surface area (Å²) in [7, 11) is 1.68. The van der Waals surface area contributed by atoms with Gasteiger partial charge in [0.2, 0.25) is 0 Å². The summed E-state index contributed by atoms with van der Waals surface area (Å²) in [6.07, 6.45) is 1.80. The molecule has 0 amide bonds. The van der Waals surface area contributed by atoms with Crippen molar-refractivity contribution in [2.45, 2.75) is 20.0 Å². The maximum Gasteiger partial charge on any atom is 0.164 e. The molecule has 1 saturated heterocycles. The Morgan fingerprint density at radius 2 is 2.06 bits per heavy atom. The second-order valence-corrected chi connectivity index (χ2v) is 8.39. The van der Waals surface area contributed by atoms with Crippen LogP contribution >= 0.6 is 0 Å². The van der Waals surface area contributed by atoms with Gasteiger partial charge in [-0.1, -0.05) is 28.9 Å². The number of morpholine rings is 1. The van der Waals surface area contributed by atoms with E-state index in [1.54, 1.807) is 18.1 Å². The zero-order chi connectivity index (χ0) is 24.2. The highest BCUT2D eigenvalue weighted by molar-refractivity contribution is 5.87. The first-order valence-corrected chi connectivity index (χ1v) is 11.5. The molecule has 0 spiro atoms. The average molecular weight is 474 g/mol. The Morgan fingerprint density at radius 3 is 2.83 bits per heavy atom. The van der Waals surface area contributed by atoms with Crippen LogP contribution in [0.2, 0.25) is 0 Å². The third-order valence-electron chi connectivity index (χ3n) is 6.04. The predicted octanol–water partition coefficient (Wildman–Crippen LogP) is 3.89. The summed E-state index contributed by atoms with van der Waals surface area (Å²) in [5.41, 5.74) is 15.2. The molecule has 0 radical (unpaired) electrons. The van der Waals surface area contributed by atoms with Gasteiger partial charge in [0.05, 0.1) is 49.8 Å². The number of methoxy groups -OCH3 is 1. The number of benzene rings is 1. The Labute approximate surface area is 202 Å². The number of azide groups is 1. The third-order valence-corrected chi connectivity index (χ3v) is 6.04. The van der Waals surface area contributed by atoms with Crippen molar-refractivity contribution in [1.82, 2.24) is 24.3 Å². The van der Waals surface area contributed by atoms with Crippen LogP contribution < -0.4 is 4.90 Å². The average Bonchev–Trinajstić information content (AvgIpc) is 3.50. The van der Waals surface area contributed by atoms with Crippen molar-refractivity contribution in [3.05, 3.63) is 64.4 Å². The van der Waals surface area contributed by atoms with E-state index in [0.29, 0.717) is 32.2 Å². The molecule has 0 N–H and O–H groups in total. The lowest BCUT2D eigenvalue weighted by molar-refractivity contribution is 0.123. The first-order valence-electron chi connectivity index (χ1n) is 11.5. The monoisotopic (exact) mass is 473 g/mol. The van der Waals surface area contributed by atoms with E-state index in [2.05, 4.69) is 26.0 Å². The highest BCUT2D eigenvalue weighted by Crippen LogP contribution is 2.30. The number of hydrogen-bond acceptors (Lipinski definition) is 7. The molecule has 0 bridgehead atoms. The minimum Gasteiger partial charge on any atom is -0.383 e. The summed E-state index contributed by atoms with van der Waals surface area (Å²) in [6.45, 7) is 6.23. The number of ether oxygens (including phenoxy) is 2. The molecule has 0 unspecified atom stereocenters. The topological polar surface area (TPSA) is 119 Å². The lowest BCUT2D eigenvalue weighted by Gasteiger charge is -2.29. The van der Waals surface area contributed by atoms with Gasteiger partial charge in [-0.2, -0.15) is 5.10 Å². The highest BCUT2D eigenvalue weighted by Gasteiger charge is 2.21. The Morgan fingerprint density at radius 1 is 1.20 bits per heavy atom. The van der Waals surface area contributed by atoms with Crippen LogP contribution in [0.1, 0.15) is 11.3 Å². The number of pyridine rings is 1. The predicted molar refractivity (Wildman–Crippen MR) is 133 cm³/mol. The smallest absolute Gasteiger partial charge is 0.164 e. The number of rotatable bonds is 8. The molecule has 0 atom stereocenters. The first kappa shape index (κ1) is 22.9. The first-order chi connectivity index (χ1) is 17.2. The molecule has 1 aliphatic rings. The van der Waals surface area contributed by atoms with Crippen LogP contribution in [0.15, 0.2) is 47.8 Å². The van der Waals surface area contributed by atoms with Crippen molar-refractivity contribution < 1.29 is 9.47 Å². The summed E-state index contributed by atoms with van der Waals surface area (Å²) in [4.78, 5) is 14.9. The maximum absolute atomic E-state index is 8.97. The molecule has 3 aromatic heterocycles. The molecule has 35 heavy (non-hydrogen) atoms. The molecule has 1 fully saturated rings. The van der Waals surface area contributed by atoms with Crippen LogP contribution in [0.4, 0.5) is 5.69 Å². The van der Waals surface area contributed by atoms with Crippen molar-refractivity contribution in [3.8, 4) is 17.1 Å². The third kappa shape index (κ3) is 4.69. The molecule has 180 valence electrons. The number of anilines is 1. The van der Waals surface area contributed by atoms with Gasteiger partial charge in [0.25, 0.3) is 0 Å². The van der Waals surface area contributed by atoms with Crippen molar-refractivity contribution >= 4 is 16.9 Å². The van der Waals surface area contributed by atoms with Gasteiger partial charge < -0.3 is 18.9 Å². The molecule has 11 heteroatoms. The van der Waals surface area contributed by atoms with Crippen molar-refractivity contribution in [3.63, 3.8) is 0 Å². The maximum atomic E-state index is 8.97. The van der Waals surface area contributed by atoms with Gasteiger partial charge in [-0.25, -0.2) is 14.6 Å². The van der Waals surface area contributed by atoms with Crippen molar-refractivity contribution in [2.24, 2.45) is 5.11 Å². The van der Waals surface area contributed by atoms with E-state index in [9.17, 15) is 0 Å². The fourth-order valence-corrected chi connectivity index (χ4v) is 4.29. The Bertz CT molecular complexity index is 1380. The standard InChI is InChI=1S/C24H27N9O2/c1-17-4-3-5-18(12-17)20-13-19(15-27-30-25)33(29-20)22-14-21(31-7-10-35-11-8-31)23-24(28-22)32(16-26-23)6-9-34-2/h3-5,12-14,16H,6-11,15H2,1-2H3. The van der Waals surface area contributed by atoms with E-state index in [-0.39, 0.29) is 6.54 Å². The number of fused-ring (bicyclic) bond motifs is 1.